The van der Waals surface area contributed by atoms with Crippen LogP contribution in [0.5, 0.6) is 0 Å². The highest BCUT2D eigenvalue weighted by Gasteiger charge is 2.18. The topological polar surface area (TPSA) is 75.4 Å². The fourth-order valence-corrected chi connectivity index (χ4v) is 3.63. The summed E-state index contributed by atoms with van der Waals surface area (Å²) in [5, 5.41) is 2.92. The van der Waals surface area contributed by atoms with Crippen LogP contribution in [0.15, 0.2) is 24.3 Å². The van der Waals surface area contributed by atoms with Gasteiger partial charge >= 0.3 is 0 Å². The third-order valence-corrected chi connectivity index (χ3v) is 5.19. The van der Waals surface area contributed by atoms with Gasteiger partial charge < -0.3 is 11.1 Å². The van der Waals surface area contributed by atoms with E-state index >= 15 is 0 Å². The maximum atomic E-state index is 12.4. The standard InChI is InChI=1S/C21H33N3O2/c1-16(2)18-8-10-19(11-9-18)23-21(26)15-24(14-20(22)25)13-12-17-6-4-3-5-7-17/h8-11,16-17H,3-7,12-15H2,1-2H3,(H2,22,25)(H,23,26). The van der Waals surface area contributed by atoms with Crippen molar-refractivity contribution in [1.29, 1.82) is 0 Å². The second-order valence-electron chi connectivity index (χ2n) is 7.79. The summed E-state index contributed by atoms with van der Waals surface area (Å²) in [6.45, 7) is 5.35. The molecule has 1 saturated carbocycles. The summed E-state index contributed by atoms with van der Waals surface area (Å²) in [4.78, 5) is 25.6. The Balaban J connectivity index is 1.85. The molecule has 5 nitrogen and oxygen atoms in total. The van der Waals surface area contributed by atoms with Crippen molar-refractivity contribution in [2.75, 3.05) is 25.0 Å². The number of nitrogens with two attached hydrogens (primary N) is 1. The van der Waals surface area contributed by atoms with Gasteiger partial charge in [0.2, 0.25) is 11.8 Å². The summed E-state index contributed by atoms with van der Waals surface area (Å²) in [7, 11) is 0. The number of benzene rings is 1. The molecule has 0 bridgehead atoms. The van der Waals surface area contributed by atoms with Crippen LogP contribution in [0.3, 0.4) is 0 Å². The minimum atomic E-state index is -0.386. The van der Waals surface area contributed by atoms with E-state index in [2.05, 4.69) is 19.2 Å². The Morgan fingerprint density at radius 2 is 1.77 bits per heavy atom. The van der Waals surface area contributed by atoms with Gasteiger partial charge in [0.15, 0.2) is 0 Å². The molecule has 1 aromatic rings. The minimum Gasteiger partial charge on any atom is -0.369 e. The van der Waals surface area contributed by atoms with E-state index in [4.69, 9.17) is 5.73 Å². The zero-order valence-corrected chi connectivity index (χ0v) is 16.2. The lowest BCUT2D eigenvalue weighted by Gasteiger charge is -2.26. The first-order valence-corrected chi connectivity index (χ1v) is 9.84. The van der Waals surface area contributed by atoms with Crippen molar-refractivity contribution in [3.05, 3.63) is 29.8 Å². The molecule has 1 fully saturated rings. The maximum absolute atomic E-state index is 12.4. The SMILES string of the molecule is CC(C)c1ccc(NC(=O)CN(CCC2CCCCC2)CC(N)=O)cc1. The Bertz CT molecular complexity index is 577. The smallest absolute Gasteiger partial charge is 0.238 e. The summed E-state index contributed by atoms with van der Waals surface area (Å²) < 4.78 is 0. The number of anilines is 1. The minimum absolute atomic E-state index is 0.104. The summed E-state index contributed by atoms with van der Waals surface area (Å²) in [5.41, 5.74) is 7.39. The van der Waals surface area contributed by atoms with E-state index in [0.717, 1.165) is 18.7 Å². The zero-order valence-electron chi connectivity index (χ0n) is 16.2. The molecule has 0 spiro atoms. The van der Waals surface area contributed by atoms with Gasteiger partial charge in [0.1, 0.15) is 0 Å². The van der Waals surface area contributed by atoms with Crippen molar-refractivity contribution in [2.24, 2.45) is 11.7 Å². The average Bonchev–Trinajstić information content (AvgIpc) is 2.60. The van der Waals surface area contributed by atoms with Gasteiger partial charge in [0, 0.05) is 5.69 Å². The number of hydrogen-bond acceptors (Lipinski definition) is 3. The molecule has 3 N–H and O–H groups in total. The van der Waals surface area contributed by atoms with E-state index in [1.54, 1.807) is 0 Å². The molecule has 1 aliphatic rings. The van der Waals surface area contributed by atoms with E-state index in [0.29, 0.717) is 11.8 Å². The number of hydrogen-bond donors (Lipinski definition) is 2. The van der Waals surface area contributed by atoms with Gasteiger partial charge in [-0.1, -0.05) is 58.1 Å². The number of carbonyl (C=O) groups excluding carboxylic acids is 2. The summed E-state index contributed by atoms with van der Waals surface area (Å²) in [6.07, 6.45) is 7.49. The van der Waals surface area contributed by atoms with E-state index in [9.17, 15) is 9.59 Å². The molecule has 0 aliphatic heterocycles. The highest BCUT2D eigenvalue weighted by atomic mass is 16.2. The van der Waals surface area contributed by atoms with Crippen molar-refractivity contribution < 1.29 is 9.59 Å². The molecule has 5 heteroatoms. The molecular formula is C21H33N3O2. The molecule has 0 saturated heterocycles. The molecule has 2 rings (SSSR count). The third-order valence-electron chi connectivity index (χ3n) is 5.19. The van der Waals surface area contributed by atoms with Crippen LogP contribution in [0.1, 0.15) is 63.9 Å². The monoisotopic (exact) mass is 359 g/mol. The van der Waals surface area contributed by atoms with Crippen molar-refractivity contribution in [2.45, 2.75) is 58.3 Å². The van der Waals surface area contributed by atoms with Crippen molar-refractivity contribution in [3.63, 3.8) is 0 Å². The normalized spacial score (nSPS) is 15.4. The number of rotatable bonds is 9. The summed E-state index contributed by atoms with van der Waals surface area (Å²) >= 11 is 0. The van der Waals surface area contributed by atoms with Crippen molar-refractivity contribution in [1.82, 2.24) is 4.90 Å². The lowest BCUT2D eigenvalue weighted by atomic mass is 9.87. The van der Waals surface area contributed by atoms with E-state index in [1.807, 2.05) is 29.2 Å². The molecular weight excluding hydrogens is 326 g/mol. The first-order chi connectivity index (χ1) is 12.4. The summed E-state index contributed by atoms with van der Waals surface area (Å²) in [6, 6.07) is 7.91. The average molecular weight is 360 g/mol. The lowest BCUT2D eigenvalue weighted by Crippen LogP contribution is -2.40. The van der Waals surface area contributed by atoms with E-state index in [1.165, 1.54) is 37.7 Å². The van der Waals surface area contributed by atoms with Gasteiger partial charge in [-0.3, -0.25) is 14.5 Å². The Morgan fingerprint density at radius 1 is 1.12 bits per heavy atom. The Morgan fingerprint density at radius 3 is 2.35 bits per heavy atom. The predicted octanol–water partition coefficient (Wildman–Crippen LogP) is 3.51. The highest BCUT2D eigenvalue weighted by Crippen LogP contribution is 2.26. The van der Waals surface area contributed by atoms with Gasteiger partial charge in [0.05, 0.1) is 13.1 Å². The molecule has 0 aromatic heterocycles. The van der Waals surface area contributed by atoms with Crippen LogP contribution in [-0.2, 0) is 9.59 Å². The quantitative estimate of drug-likeness (QED) is 0.708. The first-order valence-electron chi connectivity index (χ1n) is 9.84. The molecule has 0 unspecified atom stereocenters. The molecule has 0 heterocycles. The second kappa shape index (κ2) is 10.3. The number of amides is 2. The molecule has 26 heavy (non-hydrogen) atoms. The van der Waals surface area contributed by atoms with Gasteiger partial charge in [0.25, 0.3) is 0 Å². The van der Waals surface area contributed by atoms with Crippen LogP contribution in [0.25, 0.3) is 0 Å². The molecule has 1 aromatic carbocycles. The Hall–Kier alpha value is -1.88. The molecule has 0 radical (unpaired) electrons. The maximum Gasteiger partial charge on any atom is 0.238 e. The zero-order chi connectivity index (χ0) is 18.9. The van der Waals surface area contributed by atoms with E-state index < -0.39 is 0 Å². The number of carbonyl (C=O) groups is 2. The summed E-state index contributed by atoms with van der Waals surface area (Å²) in [5.74, 6) is 0.686. The highest BCUT2D eigenvalue weighted by molar-refractivity contribution is 5.92. The second-order valence-corrected chi connectivity index (χ2v) is 7.79. The van der Waals surface area contributed by atoms with Crippen LogP contribution in [0.2, 0.25) is 0 Å². The fourth-order valence-electron chi connectivity index (χ4n) is 3.63. The third kappa shape index (κ3) is 7.16. The van der Waals surface area contributed by atoms with Gasteiger partial charge in [-0.05, 0) is 42.5 Å². The molecule has 144 valence electrons. The van der Waals surface area contributed by atoms with Crippen LogP contribution in [0, 0.1) is 5.92 Å². The van der Waals surface area contributed by atoms with Crippen LogP contribution >= 0.6 is 0 Å². The molecule has 1 aliphatic carbocycles. The number of nitrogens with one attached hydrogen (secondary N) is 1. The lowest BCUT2D eigenvalue weighted by molar-refractivity contribution is -0.121. The van der Waals surface area contributed by atoms with Crippen LogP contribution < -0.4 is 11.1 Å². The largest absolute Gasteiger partial charge is 0.369 e. The van der Waals surface area contributed by atoms with Crippen molar-refractivity contribution >= 4 is 17.5 Å². The first kappa shape index (κ1) is 20.4. The Kier molecular flexibility index (Phi) is 8.10. The Labute approximate surface area is 157 Å². The van der Waals surface area contributed by atoms with Gasteiger partial charge in [-0.15, -0.1) is 0 Å². The molecule has 2 amide bonds. The molecule has 0 atom stereocenters. The van der Waals surface area contributed by atoms with Crippen LogP contribution in [0.4, 0.5) is 5.69 Å². The number of nitrogens with zero attached hydrogens (tertiary/aromatic N) is 1. The van der Waals surface area contributed by atoms with Gasteiger partial charge in [-0.25, -0.2) is 0 Å². The van der Waals surface area contributed by atoms with Crippen LogP contribution in [-0.4, -0.2) is 36.3 Å². The van der Waals surface area contributed by atoms with E-state index in [-0.39, 0.29) is 24.9 Å². The number of primary amides is 1. The van der Waals surface area contributed by atoms with Gasteiger partial charge in [-0.2, -0.15) is 0 Å². The fraction of sp³-hybridized carbons (Fsp3) is 0.619. The predicted molar refractivity (Wildman–Crippen MR) is 106 cm³/mol. The van der Waals surface area contributed by atoms with Crippen molar-refractivity contribution in [3.8, 4) is 0 Å².